The zero-order chi connectivity index (χ0) is 12.3. The summed E-state index contributed by atoms with van der Waals surface area (Å²) in [5.41, 5.74) is 0.0340. The number of hydrogen-bond donors (Lipinski definition) is 1. The van der Waals surface area contributed by atoms with E-state index >= 15 is 0 Å². The number of ketones is 1. The Labute approximate surface area is 100 Å². The maximum absolute atomic E-state index is 13.1. The van der Waals surface area contributed by atoms with Gasteiger partial charge in [0.25, 0.3) is 0 Å². The van der Waals surface area contributed by atoms with Crippen molar-refractivity contribution in [2.45, 2.75) is 26.2 Å². The van der Waals surface area contributed by atoms with Gasteiger partial charge < -0.3 is 5.32 Å². The van der Waals surface area contributed by atoms with Crippen LogP contribution in [0.25, 0.3) is 0 Å². The Morgan fingerprint density at radius 3 is 3.00 bits per heavy atom. The highest BCUT2D eigenvalue weighted by molar-refractivity contribution is 6.00. The molecule has 0 aromatic carbocycles. The molecule has 1 aliphatic heterocycles. The Morgan fingerprint density at radius 1 is 1.59 bits per heavy atom. The van der Waals surface area contributed by atoms with E-state index in [2.05, 4.69) is 17.2 Å². The van der Waals surface area contributed by atoms with Crippen LogP contribution in [0.4, 0.5) is 4.39 Å². The normalized spacial score (nSPS) is 23.9. The van der Waals surface area contributed by atoms with E-state index < -0.39 is 5.82 Å². The number of carbonyl (C=O) groups excluding carboxylic acids is 1. The fraction of sp³-hybridized carbons (Fsp3) is 0.538. The molecule has 0 amide bonds. The van der Waals surface area contributed by atoms with Crippen molar-refractivity contribution in [2.24, 2.45) is 5.41 Å². The summed E-state index contributed by atoms with van der Waals surface area (Å²) in [7, 11) is 0. The molecule has 1 aliphatic rings. The average molecular weight is 236 g/mol. The molecule has 0 aliphatic carbocycles. The molecule has 0 radical (unpaired) electrons. The molecule has 4 heteroatoms. The lowest BCUT2D eigenvalue weighted by Crippen LogP contribution is -2.33. The van der Waals surface area contributed by atoms with E-state index in [1.807, 2.05) is 0 Å². The molecule has 1 aromatic rings. The summed E-state index contributed by atoms with van der Waals surface area (Å²) < 4.78 is 13.1. The van der Waals surface area contributed by atoms with Gasteiger partial charge in [-0.25, -0.2) is 4.39 Å². The van der Waals surface area contributed by atoms with Gasteiger partial charge in [-0.05, 0) is 25.5 Å². The van der Waals surface area contributed by atoms with E-state index in [9.17, 15) is 9.18 Å². The van der Waals surface area contributed by atoms with Crippen LogP contribution in [0.5, 0.6) is 0 Å². The van der Waals surface area contributed by atoms with Gasteiger partial charge in [0.15, 0.2) is 5.78 Å². The molecular weight excluding hydrogens is 219 g/mol. The van der Waals surface area contributed by atoms with Gasteiger partial charge >= 0.3 is 0 Å². The molecule has 3 nitrogen and oxygen atoms in total. The van der Waals surface area contributed by atoms with Gasteiger partial charge in [-0.3, -0.25) is 9.78 Å². The molecule has 0 bridgehead atoms. The molecule has 2 rings (SSSR count). The molecule has 1 fully saturated rings. The maximum Gasteiger partial charge on any atom is 0.171 e. The molecule has 1 saturated heterocycles. The Balaban J connectivity index is 2.28. The predicted molar refractivity (Wildman–Crippen MR) is 63.4 cm³/mol. The number of nitrogens with one attached hydrogen (secondary N) is 1. The number of Topliss-reactive ketones (excluding diaryl/α,β-unsaturated/α-hetero) is 1. The first-order valence-corrected chi connectivity index (χ1v) is 6.04. The van der Waals surface area contributed by atoms with E-state index in [4.69, 9.17) is 0 Å². The van der Waals surface area contributed by atoms with E-state index in [1.165, 1.54) is 12.3 Å². The van der Waals surface area contributed by atoms with Gasteiger partial charge in [-0.15, -0.1) is 0 Å². The third-order valence-electron chi connectivity index (χ3n) is 3.42. The summed E-state index contributed by atoms with van der Waals surface area (Å²) in [6.45, 7) is 3.61. The average Bonchev–Trinajstić information content (AvgIpc) is 2.78. The van der Waals surface area contributed by atoms with Gasteiger partial charge in [-0.2, -0.15) is 0 Å². The number of pyridine rings is 1. The van der Waals surface area contributed by atoms with Crippen LogP contribution in [0, 0.1) is 11.2 Å². The quantitative estimate of drug-likeness (QED) is 0.815. The molecule has 2 heterocycles. The van der Waals surface area contributed by atoms with Gasteiger partial charge in [0, 0.05) is 23.7 Å². The zero-order valence-corrected chi connectivity index (χ0v) is 10.0. The van der Waals surface area contributed by atoms with Crippen LogP contribution >= 0.6 is 0 Å². The van der Waals surface area contributed by atoms with Crippen molar-refractivity contribution in [3.8, 4) is 0 Å². The second-order valence-corrected chi connectivity index (χ2v) is 4.68. The second kappa shape index (κ2) is 4.92. The van der Waals surface area contributed by atoms with Crippen molar-refractivity contribution in [3.63, 3.8) is 0 Å². The second-order valence-electron chi connectivity index (χ2n) is 4.68. The molecule has 0 spiro atoms. The number of halogens is 1. The highest BCUT2D eigenvalue weighted by atomic mass is 19.1. The summed E-state index contributed by atoms with van der Waals surface area (Å²) in [5, 5.41) is 3.23. The lowest BCUT2D eigenvalue weighted by molar-refractivity contribution is 0.0801. The van der Waals surface area contributed by atoms with E-state index in [-0.39, 0.29) is 11.2 Å². The number of carbonyl (C=O) groups is 1. The molecule has 0 saturated carbocycles. The van der Waals surface area contributed by atoms with Gasteiger partial charge in [0.05, 0.1) is 6.20 Å². The molecule has 1 atom stereocenters. The highest BCUT2D eigenvalue weighted by Crippen LogP contribution is 2.34. The van der Waals surface area contributed by atoms with Gasteiger partial charge in [0.1, 0.15) is 5.82 Å². The number of rotatable bonds is 4. The van der Waals surface area contributed by atoms with Crippen LogP contribution in [0.2, 0.25) is 0 Å². The van der Waals surface area contributed by atoms with Gasteiger partial charge in [-0.1, -0.05) is 13.3 Å². The fourth-order valence-corrected chi connectivity index (χ4v) is 2.59. The number of aromatic nitrogens is 1. The van der Waals surface area contributed by atoms with Gasteiger partial charge in [0.2, 0.25) is 0 Å². The summed E-state index contributed by atoms with van der Waals surface area (Å²) >= 11 is 0. The maximum atomic E-state index is 13.1. The first-order valence-electron chi connectivity index (χ1n) is 6.04. The standard InChI is InChI=1S/C13H17FN2O/c1-2-3-13(4-5-15-9-13)12(17)10-6-11(14)8-16-7-10/h6-8,15H,2-5,9H2,1H3. The lowest BCUT2D eigenvalue weighted by Gasteiger charge is -2.26. The first kappa shape index (κ1) is 12.2. The number of hydrogen-bond acceptors (Lipinski definition) is 3. The lowest BCUT2D eigenvalue weighted by atomic mass is 9.76. The van der Waals surface area contributed by atoms with Crippen molar-refractivity contribution in [3.05, 3.63) is 29.8 Å². The predicted octanol–water partition coefficient (Wildman–Crippen LogP) is 2.18. The minimum atomic E-state index is -0.451. The minimum absolute atomic E-state index is 0.0244. The van der Waals surface area contributed by atoms with Crippen molar-refractivity contribution < 1.29 is 9.18 Å². The SMILES string of the molecule is CCCC1(C(=O)c2cncc(F)c2)CCNC1. The summed E-state index contributed by atoms with van der Waals surface area (Å²) in [6.07, 6.45) is 5.21. The third kappa shape index (κ3) is 2.36. The van der Waals surface area contributed by atoms with E-state index in [0.717, 1.165) is 32.0 Å². The highest BCUT2D eigenvalue weighted by Gasteiger charge is 2.40. The molecule has 1 aromatic heterocycles. The van der Waals surface area contributed by atoms with Crippen molar-refractivity contribution in [2.75, 3.05) is 13.1 Å². The monoisotopic (exact) mass is 236 g/mol. The molecule has 17 heavy (non-hydrogen) atoms. The van der Waals surface area contributed by atoms with Crippen LogP contribution in [-0.4, -0.2) is 23.9 Å². The largest absolute Gasteiger partial charge is 0.316 e. The van der Waals surface area contributed by atoms with Crippen molar-refractivity contribution in [1.29, 1.82) is 0 Å². The Kier molecular flexibility index (Phi) is 3.52. The first-order chi connectivity index (χ1) is 8.18. The molecule has 1 N–H and O–H groups in total. The molecule has 1 unspecified atom stereocenters. The van der Waals surface area contributed by atoms with Crippen LogP contribution in [0.3, 0.4) is 0 Å². The van der Waals surface area contributed by atoms with Crippen molar-refractivity contribution in [1.82, 2.24) is 10.3 Å². The fourth-order valence-electron chi connectivity index (χ4n) is 2.59. The van der Waals surface area contributed by atoms with E-state index in [0.29, 0.717) is 12.1 Å². The summed E-state index contributed by atoms with van der Waals surface area (Å²) in [5.74, 6) is -0.426. The van der Waals surface area contributed by atoms with Crippen LogP contribution < -0.4 is 5.32 Å². The Morgan fingerprint density at radius 2 is 2.41 bits per heavy atom. The Hall–Kier alpha value is -1.29. The van der Waals surface area contributed by atoms with Crippen LogP contribution in [-0.2, 0) is 0 Å². The molecular formula is C13H17FN2O. The summed E-state index contributed by atoms with van der Waals surface area (Å²) in [4.78, 5) is 16.2. The smallest absolute Gasteiger partial charge is 0.171 e. The topological polar surface area (TPSA) is 42.0 Å². The Bertz CT molecular complexity index is 414. The third-order valence-corrected chi connectivity index (χ3v) is 3.42. The number of nitrogens with zero attached hydrogens (tertiary/aromatic N) is 1. The minimum Gasteiger partial charge on any atom is -0.316 e. The molecule has 92 valence electrons. The summed E-state index contributed by atoms with van der Waals surface area (Å²) in [6, 6.07) is 1.28. The van der Waals surface area contributed by atoms with Crippen molar-refractivity contribution >= 4 is 5.78 Å². The van der Waals surface area contributed by atoms with E-state index in [1.54, 1.807) is 0 Å². The van der Waals surface area contributed by atoms with Crippen LogP contribution in [0.15, 0.2) is 18.5 Å². The van der Waals surface area contributed by atoms with Crippen LogP contribution in [0.1, 0.15) is 36.5 Å². The zero-order valence-electron chi connectivity index (χ0n) is 10.0.